The molecule has 9 nitrogen and oxygen atoms in total. The zero-order valence-electron chi connectivity index (χ0n) is 20.8. The molecule has 1 saturated heterocycles. The van der Waals surface area contributed by atoms with E-state index in [2.05, 4.69) is 16.0 Å². The molecule has 0 saturated carbocycles. The molecule has 0 aliphatic carbocycles. The minimum Gasteiger partial charge on any atom is -0.456 e. The highest BCUT2D eigenvalue weighted by Crippen LogP contribution is 2.25. The summed E-state index contributed by atoms with van der Waals surface area (Å²) in [7, 11) is 3.02. The van der Waals surface area contributed by atoms with Crippen LogP contribution in [0.2, 0.25) is 0 Å². The Kier molecular flexibility index (Phi) is 12.1. The van der Waals surface area contributed by atoms with Gasteiger partial charge in [0.15, 0.2) is 0 Å². The molecule has 2 rings (SSSR count). The van der Waals surface area contributed by atoms with Crippen LogP contribution in [0.5, 0.6) is 0 Å². The first-order valence-corrected chi connectivity index (χ1v) is 14.6. The van der Waals surface area contributed by atoms with E-state index in [1.807, 2.05) is 33.8 Å². The summed E-state index contributed by atoms with van der Waals surface area (Å²) in [5.41, 5.74) is 0. The lowest BCUT2D eigenvalue weighted by atomic mass is 9.88. The molecular weight excluding hydrogens is 490 g/mol. The number of carbonyl (C=O) groups excluding carboxylic acids is 5. The highest BCUT2D eigenvalue weighted by Gasteiger charge is 2.32. The van der Waals surface area contributed by atoms with Crippen molar-refractivity contribution in [2.24, 2.45) is 17.8 Å². The van der Waals surface area contributed by atoms with Crippen molar-refractivity contribution < 1.29 is 28.7 Å². The maximum absolute atomic E-state index is 13.2. The summed E-state index contributed by atoms with van der Waals surface area (Å²) in [5, 5.41) is 8.12. The topological polar surface area (TPSA) is 131 Å². The molecule has 196 valence electrons. The van der Waals surface area contributed by atoms with Gasteiger partial charge in [0.25, 0.3) is 0 Å². The summed E-state index contributed by atoms with van der Waals surface area (Å²) >= 11 is 0. The highest BCUT2D eigenvalue weighted by atomic mass is 33.1. The lowest BCUT2D eigenvalue weighted by molar-refractivity contribution is -0.148. The van der Waals surface area contributed by atoms with Crippen molar-refractivity contribution in [1.29, 1.82) is 0 Å². The van der Waals surface area contributed by atoms with Gasteiger partial charge in [-0.15, -0.1) is 0 Å². The van der Waals surface area contributed by atoms with Crippen LogP contribution in [-0.4, -0.2) is 65.7 Å². The minimum atomic E-state index is -0.870. The number of amides is 3. The Morgan fingerprint density at radius 3 is 2.40 bits per heavy atom. The minimum absolute atomic E-state index is 0.0195. The summed E-state index contributed by atoms with van der Waals surface area (Å²) in [5.74, 6) is -1.87. The molecule has 1 unspecified atom stereocenters. The van der Waals surface area contributed by atoms with Crippen molar-refractivity contribution >= 4 is 51.1 Å². The van der Waals surface area contributed by atoms with Crippen LogP contribution >= 0.6 is 21.6 Å². The SMILES string of the molecule is CC(C)C[C@H]1NC(=O)[C@H]2CSSCC/C=C/C(CC(=O)C[C@H](C(C)C)C(=O)N2)OC(=O)CNC1=O. The van der Waals surface area contributed by atoms with Crippen molar-refractivity contribution in [2.75, 3.05) is 18.1 Å². The molecule has 0 aromatic heterocycles. The maximum Gasteiger partial charge on any atom is 0.326 e. The van der Waals surface area contributed by atoms with E-state index in [0.717, 1.165) is 5.75 Å². The van der Waals surface area contributed by atoms with E-state index in [4.69, 9.17) is 4.74 Å². The summed E-state index contributed by atoms with van der Waals surface area (Å²) in [6.45, 7) is 7.18. The number of esters is 1. The summed E-state index contributed by atoms with van der Waals surface area (Å²) in [6, 6.07) is -1.74. The third kappa shape index (κ3) is 10.2. The molecule has 4 atom stereocenters. The molecule has 2 bridgehead atoms. The number of rotatable bonds is 3. The van der Waals surface area contributed by atoms with Gasteiger partial charge in [-0.3, -0.25) is 24.0 Å². The Bertz CT molecular complexity index is 817. The van der Waals surface area contributed by atoms with Gasteiger partial charge in [0, 0.05) is 30.3 Å². The third-order valence-electron chi connectivity index (χ3n) is 5.72. The number of hydrogen-bond acceptors (Lipinski definition) is 8. The molecule has 2 heterocycles. The molecule has 3 N–H and O–H groups in total. The molecule has 0 aromatic rings. The predicted molar refractivity (Wildman–Crippen MR) is 137 cm³/mol. The fourth-order valence-corrected chi connectivity index (χ4v) is 5.96. The second-order valence-electron chi connectivity index (χ2n) is 9.62. The van der Waals surface area contributed by atoms with E-state index in [9.17, 15) is 24.0 Å². The van der Waals surface area contributed by atoms with Crippen molar-refractivity contribution in [1.82, 2.24) is 16.0 Å². The van der Waals surface area contributed by atoms with Crippen molar-refractivity contribution in [3.63, 3.8) is 0 Å². The number of Topliss-reactive ketones (excluding diaryl/α,β-unsaturated/α-hetero) is 1. The van der Waals surface area contributed by atoms with Gasteiger partial charge in [-0.05, 0) is 30.8 Å². The fraction of sp³-hybridized carbons (Fsp3) is 0.708. The number of fused-ring (bicyclic) bond motifs is 7. The standard InChI is InChI=1S/C24H37N3O6S2/c1-14(2)9-19-23(31)25-12-21(29)33-17-7-5-6-8-34-35-13-20(24(32)26-19)27-22(30)18(15(3)4)11-16(28)10-17/h5,7,14-15,17-20H,6,8-13H2,1-4H3,(H,25,31)(H,26,32)(H,27,30)/b7-5+/t17?,18-,19-,20-/m1/s1. The van der Waals surface area contributed by atoms with Gasteiger partial charge in [-0.25, -0.2) is 0 Å². The zero-order valence-corrected chi connectivity index (χ0v) is 22.5. The van der Waals surface area contributed by atoms with Crippen LogP contribution in [0.25, 0.3) is 0 Å². The highest BCUT2D eigenvalue weighted by molar-refractivity contribution is 8.76. The molecular formula is C24H37N3O6S2. The number of nitrogens with one attached hydrogen (secondary N) is 3. The summed E-state index contributed by atoms with van der Waals surface area (Å²) in [4.78, 5) is 64.6. The molecule has 2 aliphatic heterocycles. The second kappa shape index (κ2) is 14.5. The van der Waals surface area contributed by atoms with Crippen LogP contribution in [0.15, 0.2) is 12.2 Å². The van der Waals surface area contributed by atoms with Crippen molar-refractivity contribution in [3.05, 3.63) is 12.2 Å². The first-order chi connectivity index (χ1) is 16.6. The molecule has 0 radical (unpaired) electrons. The number of allylic oxidation sites excluding steroid dienone is 1. The second-order valence-corrected chi connectivity index (χ2v) is 12.2. The fourth-order valence-electron chi connectivity index (χ4n) is 3.80. The Morgan fingerprint density at radius 1 is 0.971 bits per heavy atom. The van der Waals surface area contributed by atoms with Crippen LogP contribution in [0.4, 0.5) is 0 Å². The number of hydrogen-bond donors (Lipinski definition) is 3. The lowest BCUT2D eigenvalue weighted by Crippen LogP contribution is -2.56. The molecule has 1 fully saturated rings. The van der Waals surface area contributed by atoms with Gasteiger partial charge in [-0.2, -0.15) is 0 Å². The van der Waals surface area contributed by atoms with Gasteiger partial charge in [0.1, 0.15) is 30.5 Å². The summed E-state index contributed by atoms with van der Waals surface area (Å²) in [6.07, 6.45) is 3.75. The van der Waals surface area contributed by atoms with E-state index in [0.29, 0.717) is 18.6 Å². The zero-order chi connectivity index (χ0) is 26.0. The van der Waals surface area contributed by atoms with Gasteiger partial charge >= 0.3 is 5.97 Å². The quantitative estimate of drug-likeness (QED) is 0.289. The van der Waals surface area contributed by atoms with Gasteiger partial charge < -0.3 is 20.7 Å². The molecule has 11 heteroatoms. The normalized spacial score (nSPS) is 29.1. The molecule has 3 amide bonds. The van der Waals surface area contributed by atoms with Gasteiger partial charge in [0.2, 0.25) is 17.7 Å². The molecule has 35 heavy (non-hydrogen) atoms. The van der Waals surface area contributed by atoms with Crippen molar-refractivity contribution in [2.45, 2.75) is 71.6 Å². The van der Waals surface area contributed by atoms with E-state index < -0.39 is 41.9 Å². The van der Waals surface area contributed by atoms with Gasteiger partial charge in [0.05, 0.1) is 0 Å². The Labute approximate surface area is 215 Å². The Morgan fingerprint density at radius 2 is 1.71 bits per heavy atom. The Hall–Kier alpha value is -2.01. The first kappa shape index (κ1) is 29.2. The monoisotopic (exact) mass is 527 g/mol. The van der Waals surface area contributed by atoms with Crippen LogP contribution in [0, 0.1) is 17.8 Å². The van der Waals surface area contributed by atoms with E-state index >= 15 is 0 Å². The van der Waals surface area contributed by atoms with Crippen LogP contribution in [0.3, 0.4) is 0 Å². The van der Waals surface area contributed by atoms with Crippen molar-refractivity contribution in [3.8, 4) is 0 Å². The molecule has 0 aromatic carbocycles. The average molecular weight is 528 g/mol. The van der Waals surface area contributed by atoms with Gasteiger partial charge in [-0.1, -0.05) is 55.4 Å². The van der Waals surface area contributed by atoms with E-state index in [1.165, 1.54) is 10.8 Å². The van der Waals surface area contributed by atoms with Crippen LogP contribution in [-0.2, 0) is 28.7 Å². The molecule has 2 aliphatic rings. The third-order valence-corrected chi connectivity index (χ3v) is 8.16. The average Bonchev–Trinajstić information content (AvgIpc) is 2.77. The number of ketones is 1. The number of ether oxygens (including phenoxy) is 1. The number of carbonyl (C=O) groups is 5. The molecule has 0 spiro atoms. The van der Waals surface area contributed by atoms with Crippen LogP contribution < -0.4 is 16.0 Å². The summed E-state index contributed by atoms with van der Waals surface area (Å²) < 4.78 is 5.48. The van der Waals surface area contributed by atoms with Crippen LogP contribution in [0.1, 0.15) is 53.4 Å². The smallest absolute Gasteiger partial charge is 0.326 e. The van der Waals surface area contributed by atoms with E-state index in [1.54, 1.807) is 16.9 Å². The Balaban J connectivity index is 2.45. The maximum atomic E-state index is 13.2. The lowest BCUT2D eigenvalue weighted by Gasteiger charge is -2.27. The largest absolute Gasteiger partial charge is 0.456 e. The first-order valence-electron chi connectivity index (χ1n) is 12.1. The van der Waals surface area contributed by atoms with E-state index in [-0.39, 0.29) is 42.9 Å². The predicted octanol–water partition coefficient (Wildman–Crippen LogP) is 2.01.